The molecule has 204 valence electrons. The van der Waals surface area contributed by atoms with Gasteiger partial charge < -0.3 is 48.8 Å². The monoisotopic (exact) mass is 508 g/mol. The van der Waals surface area contributed by atoms with E-state index in [0.29, 0.717) is 0 Å². The highest BCUT2D eigenvalue weighted by Gasteiger charge is 2.44. The van der Waals surface area contributed by atoms with Crippen molar-refractivity contribution in [3.05, 3.63) is 0 Å². The average molecular weight is 509 g/mol. The highest BCUT2D eigenvalue weighted by atomic mass is 16.7. The molecule has 2 fully saturated rings. The average Bonchev–Trinajstić information content (AvgIpc) is 2.84. The summed E-state index contributed by atoms with van der Waals surface area (Å²) in [7, 11) is 2.68. The molecule has 0 aromatic heterocycles. The summed E-state index contributed by atoms with van der Waals surface area (Å²) in [4.78, 5) is 24.9. The summed E-state index contributed by atoms with van der Waals surface area (Å²) in [5.41, 5.74) is 0. The molecule has 8 unspecified atom stereocenters. The van der Waals surface area contributed by atoms with Crippen LogP contribution in [0.3, 0.4) is 0 Å². The lowest BCUT2D eigenvalue weighted by Gasteiger charge is -2.40. The van der Waals surface area contributed by atoms with Gasteiger partial charge in [-0.25, -0.2) is 0 Å². The van der Waals surface area contributed by atoms with Crippen LogP contribution in [0.5, 0.6) is 0 Å². The van der Waals surface area contributed by atoms with Crippen molar-refractivity contribution in [3.8, 4) is 0 Å². The lowest BCUT2D eigenvalue weighted by atomic mass is 9.91. The zero-order valence-electron chi connectivity index (χ0n) is 21.1. The third kappa shape index (κ3) is 7.32. The smallest absolute Gasteiger partial charge is 0.308 e. The number of carbonyl (C=O) groups excluding carboxylic acids is 2. The highest BCUT2D eigenvalue weighted by molar-refractivity contribution is 5.75. The molecule has 35 heavy (non-hydrogen) atoms. The number of rotatable bonds is 10. The van der Waals surface area contributed by atoms with E-state index < -0.39 is 84.8 Å². The molecule has 0 amide bonds. The van der Waals surface area contributed by atoms with Gasteiger partial charge in [-0.3, -0.25) is 9.59 Å². The van der Waals surface area contributed by atoms with Crippen LogP contribution in [0.15, 0.2) is 0 Å². The maximum Gasteiger partial charge on any atom is 0.308 e. The summed E-state index contributed by atoms with van der Waals surface area (Å²) in [5, 5.41) is 40.2. The number of carbonyl (C=O) groups is 2. The molecule has 2 saturated heterocycles. The zero-order valence-corrected chi connectivity index (χ0v) is 21.1. The van der Waals surface area contributed by atoms with Gasteiger partial charge in [0.05, 0.1) is 36.3 Å². The Morgan fingerprint density at radius 3 is 1.37 bits per heavy atom. The van der Waals surface area contributed by atoms with Crippen LogP contribution in [0.25, 0.3) is 0 Å². The molecule has 12 atom stereocenters. The normalized spacial score (nSPS) is 39.5. The maximum atomic E-state index is 12.5. The number of ether oxygens (including phenoxy) is 6. The first kappa shape index (κ1) is 29.8. The Balaban J connectivity index is 1.79. The van der Waals surface area contributed by atoms with Crippen LogP contribution in [0.4, 0.5) is 0 Å². The molecule has 0 spiro atoms. The van der Waals surface area contributed by atoms with Crippen molar-refractivity contribution in [2.75, 3.05) is 27.4 Å². The second-order valence-electron chi connectivity index (χ2n) is 9.54. The minimum atomic E-state index is -1.21. The Labute approximate surface area is 205 Å². The summed E-state index contributed by atoms with van der Waals surface area (Å²) < 4.78 is 31.8. The van der Waals surface area contributed by atoms with E-state index in [1.165, 1.54) is 14.2 Å². The molecule has 4 N–H and O–H groups in total. The summed E-state index contributed by atoms with van der Waals surface area (Å²) in [6.45, 7) is 6.32. The van der Waals surface area contributed by atoms with Gasteiger partial charge in [0.15, 0.2) is 12.6 Å². The number of aliphatic hydroxyl groups is 4. The van der Waals surface area contributed by atoms with Gasteiger partial charge in [0.25, 0.3) is 0 Å². The molecule has 0 aliphatic carbocycles. The third-order valence-electron chi connectivity index (χ3n) is 6.88. The van der Waals surface area contributed by atoms with E-state index in [4.69, 9.17) is 28.4 Å². The van der Waals surface area contributed by atoms with E-state index in [1.807, 2.05) is 0 Å². The van der Waals surface area contributed by atoms with E-state index in [1.54, 1.807) is 27.7 Å². The maximum absolute atomic E-state index is 12.5. The van der Waals surface area contributed by atoms with E-state index in [0.717, 1.165) is 0 Å². The quantitative estimate of drug-likeness (QED) is 0.271. The van der Waals surface area contributed by atoms with Crippen LogP contribution >= 0.6 is 0 Å². The van der Waals surface area contributed by atoms with Gasteiger partial charge in [-0.2, -0.15) is 0 Å². The second-order valence-corrected chi connectivity index (χ2v) is 9.54. The molecule has 2 aliphatic rings. The summed E-state index contributed by atoms with van der Waals surface area (Å²) in [6.07, 6.45) is -7.82. The first-order valence-corrected chi connectivity index (χ1v) is 11.8. The Hall–Kier alpha value is -1.38. The molecular weight excluding hydrogens is 468 g/mol. The second kappa shape index (κ2) is 13.2. The Morgan fingerprint density at radius 1 is 0.714 bits per heavy atom. The molecule has 0 aromatic carbocycles. The van der Waals surface area contributed by atoms with Crippen molar-refractivity contribution < 1.29 is 58.4 Å². The highest BCUT2D eigenvalue weighted by Crippen LogP contribution is 2.28. The van der Waals surface area contributed by atoms with Crippen molar-refractivity contribution in [2.24, 2.45) is 23.7 Å². The van der Waals surface area contributed by atoms with Crippen LogP contribution in [-0.2, 0) is 38.0 Å². The lowest BCUT2D eigenvalue weighted by Crippen LogP contribution is -2.55. The summed E-state index contributed by atoms with van der Waals surface area (Å²) >= 11 is 0. The molecule has 2 aliphatic heterocycles. The van der Waals surface area contributed by atoms with Gasteiger partial charge in [0.2, 0.25) is 0 Å². The van der Waals surface area contributed by atoms with Crippen molar-refractivity contribution in [3.63, 3.8) is 0 Å². The van der Waals surface area contributed by atoms with Crippen LogP contribution in [0.1, 0.15) is 34.1 Å². The summed E-state index contributed by atoms with van der Waals surface area (Å²) in [5.74, 6) is -3.31. The SMILES string of the molecule is CO[C@H]1OC(COC(=O)C(C)CC(C)C(=O)OCC2O[C@H](OC)C(O)[C@@H](O)C2C)C(C)[C@H](O)C1O. The molecule has 2 heterocycles. The Bertz CT molecular complexity index is 629. The van der Waals surface area contributed by atoms with Crippen LogP contribution in [0, 0.1) is 23.7 Å². The van der Waals surface area contributed by atoms with Gasteiger partial charge in [0.1, 0.15) is 25.4 Å². The lowest BCUT2D eigenvalue weighted by molar-refractivity contribution is -0.281. The topological polar surface area (TPSA) is 170 Å². The number of hydrogen-bond acceptors (Lipinski definition) is 12. The van der Waals surface area contributed by atoms with E-state index in [2.05, 4.69) is 0 Å². The van der Waals surface area contributed by atoms with Crippen LogP contribution in [0.2, 0.25) is 0 Å². The van der Waals surface area contributed by atoms with Gasteiger partial charge in [-0.1, -0.05) is 27.7 Å². The molecule has 0 saturated carbocycles. The van der Waals surface area contributed by atoms with Crippen LogP contribution in [-0.4, -0.2) is 109 Å². The first-order valence-electron chi connectivity index (χ1n) is 11.8. The predicted molar refractivity (Wildman–Crippen MR) is 119 cm³/mol. The van der Waals surface area contributed by atoms with Gasteiger partial charge >= 0.3 is 11.9 Å². The van der Waals surface area contributed by atoms with Gasteiger partial charge in [0, 0.05) is 26.1 Å². The molecule has 0 aromatic rings. The molecule has 0 radical (unpaired) electrons. The van der Waals surface area contributed by atoms with Crippen LogP contribution < -0.4 is 0 Å². The fraction of sp³-hybridized carbons (Fsp3) is 0.913. The van der Waals surface area contributed by atoms with Crippen molar-refractivity contribution in [2.45, 2.75) is 83.3 Å². The number of methoxy groups -OCH3 is 2. The molecular formula is C23H40O12. The van der Waals surface area contributed by atoms with E-state index in [-0.39, 0.29) is 19.6 Å². The standard InChI is InChI=1S/C23H40O12/c1-10(20(28)32-8-14-12(3)16(24)18(26)22(30-5)34-14)7-11(2)21(29)33-9-15-13(4)17(25)19(27)23(31-6)35-15/h10-19,22-27H,7-9H2,1-6H3/t10?,11?,12?,13?,14?,15?,16-,17-,18?,19?,22-,23-/m0/s1. The van der Waals surface area contributed by atoms with Gasteiger partial charge in [-0.15, -0.1) is 0 Å². The van der Waals surface area contributed by atoms with E-state index >= 15 is 0 Å². The van der Waals surface area contributed by atoms with Gasteiger partial charge in [-0.05, 0) is 6.42 Å². The number of esters is 2. The third-order valence-corrected chi connectivity index (χ3v) is 6.88. The molecule has 12 heteroatoms. The predicted octanol–water partition coefficient (Wildman–Crippen LogP) is -0.806. The minimum absolute atomic E-state index is 0.140. The number of aliphatic hydroxyl groups excluding tert-OH is 4. The first-order chi connectivity index (χ1) is 16.4. The van der Waals surface area contributed by atoms with E-state index in [9.17, 15) is 30.0 Å². The molecule has 2 rings (SSSR count). The molecule has 12 nitrogen and oxygen atoms in total. The molecule has 0 bridgehead atoms. The largest absolute Gasteiger partial charge is 0.463 e. The zero-order chi connectivity index (χ0) is 26.4. The van der Waals surface area contributed by atoms with Crippen molar-refractivity contribution in [1.82, 2.24) is 0 Å². The Kier molecular flexibility index (Phi) is 11.3. The van der Waals surface area contributed by atoms with Crippen molar-refractivity contribution >= 4 is 11.9 Å². The van der Waals surface area contributed by atoms with Crippen molar-refractivity contribution in [1.29, 1.82) is 0 Å². The Morgan fingerprint density at radius 2 is 1.06 bits per heavy atom. The number of hydrogen-bond donors (Lipinski definition) is 4. The fourth-order valence-corrected chi connectivity index (χ4v) is 4.25. The fourth-order valence-electron chi connectivity index (χ4n) is 4.25. The minimum Gasteiger partial charge on any atom is -0.463 e. The summed E-state index contributed by atoms with van der Waals surface area (Å²) in [6, 6.07) is 0.